The molecule has 86 valence electrons. The Morgan fingerprint density at radius 2 is 2.12 bits per heavy atom. The average molecular weight is 240 g/mol. The van der Waals surface area contributed by atoms with E-state index >= 15 is 0 Å². The minimum absolute atomic E-state index is 0.307. The van der Waals surface area contributed by atoms with Crippen molar-refractivity contribution in [3.8, 4) is 11.7 Å². The third kappa shape index (κ3) is 4.59. The fourth-order valence-corrected chi connectivity index (χ4v) is 2.16. The van der Waals surface area contributed by atoms with Crippen LogP contribution in [0.2, 0.25) is 6.82 Å². The molecule has 2 heteroatoms. The Morgan fingerprint density at radius 3 is 2.65 bits per heavy atom. The van der Waals surface area contributed by atoms with Crippen molar-refractivity contribution in [3.63, 3.8) is 0 Å². The lowest BCUT2D eigenvalue weighted by Crippen LogP contribution is -2.05. The minimum atomic E-state index is 0.307. The van der Waals surface area contributed by atoms with Crippen molar-refractivity contribution < 1.29 is 0 Å². The van der Waals surface area contributed by atoms with E-state index in [0.29, 0.717) is 5.99 Å². The topological polar surface area (TPSA) is 0 Å². The maximum atomic E-state index is 5.37. The van der Waals surface area contributed by atoms with Crippen molar-refractivity contribution in [2.45, 2.75) is 20.2 Å². The van der Waals surface area contributed by atoms with Gasteiger partial charge in [0.2, 0.25) is 0 Å². The van der Waals surface area contributed by atoms with E-state index in [1.165, 1.54) is 22.6 Å². The zero-order valence-corrected chi connectivity index (χ0v) is 11.3. The minimum Gasteiger partial charge on any atom is -0.121 e. The predicted molar refractivity (Wildman–Crippen MR) is 81.9 cm³/mol. The largest absolute Gasteiger partial charge is 0.256 e. The highest BCUT2D eigenvalue weighted by Crippen LogP contribution is 2.25. The summed E-state index contributed by atoms with van der Waals surface area (Å²) in [4.78, 5) is 0. The van der Waals surface area contributed by atoms with Crippen molar-refractivity contribution in [2.75, 3.05) is 0 Å². The molecular formula is C15H17BS. The fraction of sp³-hybridized carbons (Fsp3) is 0.200. The van der Waals surface area contributed by atoms with Gasteiger partial charge in [-0.3, -0.25) is 0 Å². The van der Waals surface area contributed by atoms with Gasteiger partial charge in [0.25, 0.3) is 5.99 Å². The maximum Gasteiger partial charge on any atom is 0.256 e. The molecule has 0 aromatic heterocycles. The SMILES string of the molecule is C#CSB(C)/C(=C/CC(=C)C)c1ccccc1. The molecule has 0 unspecified atom stereocenters. The Morgan fingerprint density at radius 1 is 1.47 bits per heavy atom. The molecule has 1 aromatic carbocycles. The third-order valence-electron chi connectivity index (χ3n) is 2.46. The molecule has 0 saturated carbocycles. The summed E-state index contributed by atoms with van der Waals surface area (Å²) in [5.41, 5.74) is 3.69. The summed E-state index contributed by atoms with van der Waals surface area (Å²) >= 11 is 1.52. The van der Waals surface area contributed by atoms with Crippen molar-refractivity contribution in [2.24, 2.45) is 0 Å². The summed E-state index contributed by atoms with van der Waals surface area (Å²) in [5.74, 6) is 0.307. The van der Waals surface area contributed by atoms with Crippen molar-refractivity contribution in [1.82, 2.24) is 0 Å². The summed E-state index contributed by atoms with van der Waals surface area (Å²) < 4.78 is 0. The molecule has 1 rings (SSSR count). The van der Waals surface area contributed by atoms with E-state index in [4.69, 9.17) is 6.42 Å². The van der Waals surface area contributed by atoms with Crippen LogP contribution in [-0.4, -0.2) is 5.99 Å². The molecule has 0 aliphatic heterocycles. The van der Waals surface area contributed by atoms with Gasteiger partial charge in [-0.2, -0.15) is 0 Å². The van der Waals surface area contributed by atoms with Crippen LogP contribution < -0.4 is 0 Å². The first-order chi connectivity index (χ1) is 8.15. The van der Waals surface area contributed by atoms with Crippen LogP contribution in [0.25, 0.3) is 5.47 Å². The predicted octanol–water partition coefficient (Wildman–Crippen LogP) is 4.52. The molecule has 0 spiro atoms. The van der Waals surface area contributed by atoms with Gasteiger partial charge in [0, 0.05) is 0 Å². The van der Waals surface area contributed by atoms with Gasteiger partial charge < -0.3 is 0 Å². The number of hydrogen-bond acceptors (Lipinski definition) is 1. The highest BCUT2D eigenvalue weighted by Gasteiger charge is 2.14. The zero-order valence-electron chi connectivity index (χ0n) is 10.4. The highest BCUT2D eigenvalue weighted by atomic mass is 32.2. The molecule has 0 atom stereocenters. The summed E-state index contributed by atoms with van der Waals surface area (Å²) in [6.07, 6.45) is 8.50. The smallest absolute Gasteiger partial charge is 0.121 e. The van der Waals surface area contributed by atoms with Gasteiger partial charge in [-0.1, -0.05) is 60.9 Å². The molecule has 1 aromatic rings. The van der Waals surface area contributed by atoms with Crippen molar-refractivity contribution >= 4 is 23.1 Å². The summed E-state index contributed by atoms with van der Waals surface area (Å²) in [6.45, 7) is 8.11. The fourth-order valence-electron chi connectivity index (χ4n) is 1.60. The molecule has 0 N–H and O–H groups in total. The van der Waals surface area contributed by atoms with Crippen LogP contribution in [0, 0.1) is 11.7 Å². The molecule has 0 radical (unpaired) electrons. The molecule has 0 fully saturated rings. The van der Waals surface area contributed by atoms with E-state index in [2.05, 4.69) is 49.0 Å². The number of terminal acetylenes is 1. The van der Waals surface area contributed by atoms with Gasteiger partial charge >= 0.3 is 0 Å². The highest BCUT2D eigenvalue weighted by molar-refractivity contribution is 8.30. The molecule has 0 saturated heterocycles. The van der Waals surface area contributed by atoms with Gasteiger partial charge in [0.05, 0.1) is 0 Å². The quantitative estimate of drug-likeness (QED) is 0.414. The Hall–Kier alpha value is -1.33. The molecule has 0 aliphatic carbocycles. The molecule has 17 heavy (non-hydrogen) atoms. The average Bonchev–Trinajstić information content (AvgIpc) is 2.30. The van der Waals surface area contributed by atoms with Crippen LogP contribution in [0.4, 0.5) is 0 Å². The number of hydrogen-bond donors (Lipinski definition) is 0. The summed E-state index contributed by atoms with van der Waals surface area (Å²) in [5, 5.41) is 2.66. The van der Waals surface area contributed by atoms with E-state index in [9.17, 15) is 0 Å². The first-order valence-electron chi connectivity index (χ1n) is 5.66. The van der Waals surface area contributed by atoms with Crippen LogP contribution in [-0.2, 0) is 0 Å². The van der Waals surface area contributed by atoms with E-state index in [1.54, 1.807) is 0 Å². The lowest BCUT2D eigenvalue weighted by molar-refractivity contribution is 1.23. The number of allylic oxidation sites excluding steroid dienone is 2. The van der Waals surface area contributed by atoms with Gasteiger partial charge in [0.15, 0.2) is 0 Å². The second kappa shape index (κ2) is 7.09. The number of rotatable bonds is 5. The maximum absolute atomic E-state index is 5.37. The lowest BCUT2D eigenvalue weighted by atomic mass is 9.66. The van der Waals surface area contributed by atoms with Crippen molar-refractivity contribution in [1.29, 1.82) is 0 Å². The van der Waals surface area contributed by atoms with Gasteiger partial charge in [-0.05, 0) is 24.2 Å². The lowest BCUT2D eigenvalue weighted by Gasteiger charge is -2.11. The summed E-state index contributed by atoms with van der Waals surface area (Å²) in [6, 6.07) is 10.4. The Labute approximate surface area is 109 Å². The van der Waals surface area contributed by atoms with Crippen LogP contribution in [0.3, 0.4) is 0 Å². The van der Waals surface area contributed by atoms with E-state index < -0.39 is 0 Å². The van der Waals surface area contributed by atoms with Gasteiger partial charge in [0.1, 0.15) is 0 Å². The third-order valence-corrected chi connectivity index (χ3v) is 3.20. The van der Waals surface area contributed by atoms with Gasteiger partial charge in [-0.15, -0.1) is 18.0 Å². The number of benzene rings is 1. The summed E-state index contributed by atoms with van der Waals surface area (Å²) in [7, 11) is 0. The van der Waals surface area contributed by atoms with Crippen LogP contribution in [0.15, 0.2) is 48.6 Å². The molecular weight excluding hydrogens is 223 g/mol. The standard InChI is InChI=1S/C15H17BS/c1-5-17-16(4)15(12-11-13(2)3)14-9-7-6-8-10-14/h1,6-10,12H,2,11H2,3-4H3/b15-12+. The Bertz CT molecular complexity index is 440. The van der Waals surface area contributed by atoms with E-state index in [0.717, 1.165) is 12.0 Å². The first-order valence-corrected chi connectivity index (χ1v) is 6.54. The Kier molecular flexibility index (Phi) is 5.73. The van der Waals surface area contributed by atoms with Crippen LogP contribution >= 0.6 is 11.6 Å². The van der Waals surface area contributed by atoms with E-state index in [-0.39, 0.29) is 0 Å². The second-order valence-electron chi connectivity index (χ2n) is 4.06. The zero-order chi connectivity index (χ0) is 12.7. The first kappa shape index (κ1) is 13.7. The monoisotopic (exact) mass is 240 g/mol. The van der Waals surface area contributed by atoms with Gasteiger partial charge in [-0.25, -0.2) is 0 Å². The molecule has 0 aliphatic rings. The van der Waals surface area contributed by atoms with Crippen molar-refractivity contribution in [3.05, 3.63) is 54.1 Å². The second-order valence-corrected chi connectivity index (χ2v) is 5.24. The molecule has 0 bridgehead atoms. The molecule has 0 heterocycles. The normalized spacial score (nSPS) is 10.8. The molecule has 0 amide bonds. The Balaban J connectivity index is 2.99. The van der Waals surface area contributed by atoms with E-state index in [1.807, 2.05) is 13.0 Å². The molecule has 0 nitrogen and oxygen atoms in total. The van der Waals surface area contributed by atoms with Crippen LogP contribution in [0.5, 0.6) is 0 Å². The van der Waals surface area contributed by atoms with Crippen LogP contribution in [0.1, 0.15) is 18.9 Å².